The van der Waals surface area contributed by atoms with E-state index in [1.807, 2.05) is 6.92 Å². The lowest BCUT2D eigenvalue weighted by Crippen LogP contribution is -2.21. The summed E-state index contributed by atoms with van der Waals surface area (Å²) in [5, 5.41) is 17.3. The van der Waals surface area contributed by atoms with E-state index in [-0.39, 0.29) is 10.6 Å². The molecular formula is C14H19N3O2. The minimum absolute atomic E-state index is 0.143. The van der Waals surface area contributed by atoms with E-state index in [1.54, 1.807) is 18.2 Å². The number of anilines is 1. The van der Waals surface area contributed by atoms with Crippen molar-refractivity contribution in [1.29, 1.82) is 0 Å². The van der Waals surface area contributed by atoms with E-state index in [9.17, 15) is 10.1 Å². The number of nitrogens with zero attached hydrogens (tertiary/aromatic N) is 1. The third-order valence-electron chi connectivity index (χ3n) is 3.34. The molecule has 102 valence electrons. The second kappa shape index (κ2) is 6.33. The second-order valence-corrected chi connectivity index (χ2v) is 4.75. The lowest BCUT2D eigenvalue weighted by Gasteiger charge is -2.15. The number of rotatable bonds is 5. The van der Waals surface area contributed by atoms with Gasteiger partial charge < -0.3 is 10.6 Å². The molecule has 0 aliphatic carbocycles. The summed E-state index contributed by atoms with van der Waals surface area (Å²) in [5.41, 5.74) is 3.50. The van der Waals surface area contributed by atoms with Gasteiger partial charge in [0.1, 0.15) is 0 Å². The van der Waals surface area contributed by atoms with Crippen molar-refractivity contribution in [2.45, 2.75) is 19.8 Å². The summed E-state index contributed by atoms with van der Waals surface area (Å²) >= 11 is 0. The van der Waals surface area contributed by atoms with Crippen molar-refractivity contribution in [1.82, 2.24) is 5.32 Å². The molecule has 0 spiro atoms. The molecule has 5 nitrogen and oxygen atoms in total. The Balaban J connectivity index is 1.89. The van der Waals surface area contributed by atoms with Crippen LogP contribution in [0.4, 0.5) is 11.4 Å². The van der Waals surface area contributed by atoms with Gasteiger partial charge in [-0.15, -0.1) is 0 Å². The van der Waals surface area contributed by atoms with Crippen LogP contribution in [0.5, 0.6) is 0 Å². The Bertz CT molecular complexity index is 497. The van der Waals surface area contributed by atoms with Crippen molar-refractivity contribution in [3.63, 3.8) is 0 Å². The van der Waals surface area contributed by atoms with Gasteiger partial charge in [-0.1, -0.05) is 11.6 Å². The van der Waals surface area contributed by atoms with Crippen LogP contribution in [0.25, 0.3) is 0 Å². The average molecular weight is 261 g/mol. The third kappa shape index (κ3) is 3.79. The van der Waals surface area contributed by atoms with Crippen LogP contribution in [-0.4, -0.2) is 24.6 Å². The highest BCUT2D eigenvalue weighted by molar-refractivity contribution is 5.55. The predicted molar refractivity (Wildman–Crippen MR) is 76.5 cm³/mol. The molecule has 1 aliphatic heterocycles. The number of aryl methyl sites for hydroxylation is 1. The number of benzene rings is 1. The minimum Gasteiger partial charge on any atom is -0.385 e. The molecule has 2 N–H and O–H groups in total. The number of nitrogens with one attached hydrogen (secondary N) is 2. The smallest absolute Gasteiger partial charge is 0.269 e. The molecule has 0 saturated heterocycles. The summed E-state index contributed by atoms with van der Waals surface area (Å²) in [6.45, 7) is 4.78. The maximum absolute atomic E-state index is 10.7. The molecule has 2 rings (SSSR count). The zero-order valence-electron chi connectivity index (χ0n) is 11.1. The molecular weight excluding hydrogens is 242 g/mol. The van der Waals surface area contributed by atoms with E-state index in [2.05, 4.69) is 16.7 Å². The highest BCUT2D eigenvalue weighted by atomic mass is 16.6. The minimum atomic E-state index is -0.364. The summed E-state index contributed by atoms with van der Waals surface area (Å²) in [4.78, 5) is 10.3. The average Bonchev–Trinajstić information content (AvgIpc) is 2.41. The number of nitro benzene ring substituents is 1. The molecule has 0 fully saturated rings. The Morgan fingerprint density at radius 3 is 2.95 bits per heavy atom. The first-order valence-electron chi connectivity index (χ1n) is 6.54. The molecule has 0 unspecified atom stereocenters. The molecule has 19 heavy (non-hydrogen) atoms. The topological polar surface area (TPSA) is 67.2 Å². The second-order valence-electron chi connectivity index (χ2n) is 4.75. The van der Waals surface area contributed by atoms with Crippen LogP contribution in [0, 0.1) is 17.0 Å². The first kappa shape index (κ1) is 13.5. The van der Waals surface area contributed by atoms with Gasteiger partial charge >= 0.3 is 0 Å². The normalized spacial score (nSPS) is 14.9. The van der Waals surface area contributed by atoms with Crippen molar-refractivity contribution >= 4 is 11.4 Å². The van der Waals surface area contributed by atoms with Crippen LogP contribution in [0.2, 0.25) is 0 Å². The van der Waals surface area contributed by atoms with Crippen molar-refractivity contribution in [2.24, 2.45) is 0 Å². The number of nitro groups is 1. The van der Waals surface area contributed by atoms with E-state index in [1.165, 1.54) is 5.57 Å². The molecule has 1 heterocycles. The van der Waals surface area contributed by atoms with Gasteiger partial charge in [-0.2, -0.15) is 0 Å². The van der Waals surface area contributed by atoms with E-state index in [0.717, 1.165) is 43.7 Å². The molecule has 1 aromatic rings. The summed E-state index contributed by atoms with van der Waals surface area (Å²) < 4.78 is 0. The predicted octanol–water partition coefficient (Wildman–Crippen LogP) is 2.62. The van der Waals surface area contributed by atoms with Crippen LogP contribution >= 0.6 is 0 Å². The zero-order chi connectivity index (χ0) is 13.7. The Morgan fingerprint density at radius 2 is 2.32 bits per heavy atom. The molecule has 0 atom stereocenters. The Hall–Kier alpha value is -1.88. The highest BCUT2D eigenvalue weighted by Gasteiger charge is 2.08. The van der Waals surface area contributed by atoms with Gasteiger partial charge in [0.2, 0.25) is 0 Å². The fraction of sp³-hybridized carbons (Fsp3) is 0.429. The summed E-state index contributed by atoms with van der Waals surface area (Å²) in [7, 11) is 0. The first-order valence-corrected chi connectivity index (χ1v) is 6.54. The zero-order valence-corrected chi connectivity index (χ0v) is 11.1. The lowest BCUT2D eigenvalue weighted by atomic mass is 10.1. The van der Waals surface area contributed by atoms with Crippen molar-refractivity contribution in [2.75, 3.05) is 25.0 Å². The number of hydrogen-bond donors (Lipinski definition) is 2. The van der Waals surface area contributed by atoms with E-state index in [4.69, 9.17) is 0 Å². The maximum atomic E-state index is 10.7. The van der Waals surface area contributed by atoms with Gasteiger partial charge in [0, 0.05) is 30.9 Å². The fourth-order valence-electron chi connectivity index (χ4n) is 2.21. The van der Waals surface area contributed by atoms with Crippen LogP contribution in [0.15, 0.2) is 29.8 Å². The standard InChI is InChI=1S/C14H19N3O2/c1-11-10-13(17(18)19)2-3-14(11)16-9-6-12-4-7-15-8-5-12/h2-4,10,15-16H,5-9H2,1H3. The molecule has 0 saturated carbocycles. The van der Waals surface area contributed by atoms with E-state index in [0.29, 0.717) is 0 Å². The van der Waals surface area contributed by atoms with Gasteiger partial charge in [0.15, 0.2) is 0 Å². The highest BCUT2D eigenvalue weighted by Crippen LogP contribution is 2.21. The number of non-ortho nitro benzene ring substituents is 1. The van der Waals surface area contributed by atoms with Gasteiger partial charge in [0.05, 0.1) is 4.92 Å². The van der Waals surface area contributed by atoms with Gasteiger partial charge in [-0.25, -0.2) is 0 Å². The molecule has 0 radical (unpaired) electrons. The van der Waals surface area contributed by atoms with Crippen LogP contribution < -0.4 is 10.6 Å². The monoisotopic (exact) mass is 261 g/mol. The molecule has 5 heteroatoms. The van der Waals surface area contributed by atoms with Gasteiger partial charge in [-0.05, 0) is 37.9 Å². The van der Waals surface area contributed by atoms with Crippen molar-refractivity contribution in [3.05, 3.63) is 45.5 Å². The summed E-state index contributed by atoms with van der Waals surface area (Å²) in [5.74, 6) is 0. The molecule has 1 aliphatic rings. The Kier molecular flexibility index (Phi) is 4.52. The lowest BCUT2D eigenvalue weighted by molar-refractivity contribution is -0.384. The van der Waals surface area contributed by atoms with Gasteiger partial charge in [0.25, 0.3) is 5.69 Å². The third-order valence-corrected chi connectivity index (χ3v) is 3.34. The Labute approximate surface area is 112 Å². The van der Waals surface area contributed by atoms with Crippen LogP contribution in [-0.2, 0) is 0 Å². The van der Waals surface area contributed by atoms with Crippen molar-refractivity contribution < 1.29 is 4.92 Å². The van der Waals surface area contributed by atoms with E-state index < -0.39 is 0 Å². The summed E-state index contributed by atoms with van der Waals surface area (Å²) in [6, 6.07) is 4.93. The summed E-state index contributed by atoms with van der Waals surface area (Å²) in [6.07, 6.45) is 4.38. The fourth-order valence-corrected chi connectivity index (χ4v) is 2.21. The molecule has 0 bridgehead atoms. The van der Waals surface area contributed by atoms with E-state index >= 15 is 0 Å². The largest absolute Gasteiger partial charge is 0.385 e. The molecule has 1 aromatic carbocycles. The maximum Gasteiger partial charge on any atom is 0.269 e. The van der Waals surface area contributed by atoms with Crippen LogP contribution in [0.1, 0.15) is 18.4 Å². The quantitative estimate of drug-likeness (QED) is 0.486. The first-order chi connectivity index (χ1) is 9.16. The SMILES string of the molecule is Cc1cc([N+](=O)[O-])ccc1NCCC1=CCNCC1. The van der Waals surface area contributed by atoms with Crippen LogP contribution in [0.3, 0.4) is 0 Å². The molecule has 0 amide bonds. The molecule has 0 aromatic heterocycles. The Morgan fingerprint density at radius 1 is 1.47 bits per heavy atom. The van der Waals surface area contributed by atoms with Crippen molar-refractivity contribution in [3.8, 4) is 0 Å². The number of hydrogen-bond acceptors (Lipinski definition) is 4. The van der Waals surface area contributed by atoms with Gasteiger partial charge in [-0.3, -0.25) is 10.1 Å².